The predicted molar refractivity (Wildman–Crippen MR) is 70.9 cm³/mol. The molecule has 0 radical (unpaired) electrons. The van der Waals surface area contributed by atoms with Gasteiger partial charge in [0.25, 0.3) is 0 Å². The van der Waals surface area contributed by atoms with Crippen molar-refractivity contribution in [1.29, 1.82) is 0 Å². The second-order valence-corrected chi connectivity index (χ2v) is 7.59. The predicted octanol–water partition coefficient (Wildman–Crippen LogP) is 0.508. The van der Waals surface area contributed by atoms with Crippen LogP contribution in [0, 0.1) is 0 Å². The van der Waals surface area contributed by atoms with Gasteiger partial charge in [0.1, 0.15) is 0 Å². The van der Waals surface area contributed by atoms with E-state index in [1.165, 1.54) is 10.6 Å². The molecule has 18 heavy (non-hydrogen) atoms. The average Bonchev–Trinajstić information content (AvgIpc) is 2.91. The molecule has 0 aromatic rings. The Morgan fingerprint density at radius 3 is 2.28 bits per heavy atom. The Hall–Kier alpha value is -0.820. The summed E-state index contributed by atoms with van der Waals surface area (Å²) in [5.41, 5.74) is -0.484. The van der Waals surface area contributed by atoms with Gasteiger partial charge in [-0.25, -0.2) is 13.2 Å². The van der Waals surface area contributed by atoms with Crippen molar-refractivity contribution in [2.45, 2.75) is 45.2 Å². The first kappa shape index (κ1) is 15.2. The highest BCUT2D eigenvalue weighted by molar-refractivity contribution is 7.88. The van der Waals surface area contributed by atoms with Crippen LogP contribution >= 0.6 is 0 Å². The molecule has 2 N–H and O–H groups in total. The van der Waals surface area contributed by atoms with Gasteiger partial charge in [-0.1, -0.05) is 0 Å². The van der Waals surface area contributed by atoms with E-state index in [-0.39, 0.29) is 12.6 Å². The van der Waals surface area contributed by atoms with Gasteiger partial charge in [0.15, 0.2) is 0 Å². The largest absolute Gasteiger partial charge is 0.337 e. The van der Waals surface area contributed by atoms with Crippen LogP contribution in [0.15, 0.2) is 0 Å². The molecule has 0 unspecified atom stereocenters. The van der Waals surface area contributed by atoms with E-state index in [9.17, 15) is 13.2 Å². The first-order valence-electron chi connectivity index (χ1n) is 6.13. The number of rotatable bonds is 5. The molecule has 1 saturated carbocycles. The number of nitrogens with one attached hydrogen (secondary N) is 2. The normalized spacial score (nSPS) is 16.7. The topological polar surface area (TPSA) is 78.5 Å². The lowest BCUT2D eigenvalue weighted by atomic mass is 10.1. The molecule has 0 aromatic carbocycles. The van der Waals surface area contributed by atoms with Crippen LogP contribution in [0.2, 0.25) is 0 Å². The van der Waals surface area contributed by atoms with Gasteiger partial charge in [-0.05, 0) is 33.6 Å². The summed E-state index contributed by atoms with van der Waals surface area (Å²) in [5.74, 6) is 0. The number of nitrogens with zero attached hydrogens (tertiary/aromatic N) is 1. The van der Waals surface area contributed by atoms with Gasteiger partial charge in [-0.3, -0.25) is 0 Å². The summed E-state index contributed by atoms with van der Waals surface area (Å²) < 4.78 is 24.7. The molecule has 0 aromatic heterocycles. The Morgan fingerprint density at radius 1 is 1.33 bits per heavy atom. The average molecular weight is 277 g/mol. The highest BCUT2D eigenvalue weighted by Crippen LogP contribution is 2.18. The maximum atomic E-state index is 11.6. The Morgan fingerprint density at radius 2 is 1.89 bits per heavy atom. The summed E-state index contributed by atoms with van der Waals surface area (Å²) in [5, 5.41) is 5.46. The fraction of sp³-hybridized carbons (Fsp3) is 0.909. The fourth-order valence-corrected chi connectivity index (χ4v) is 3.15. The van der Waals surface area contributed by atoms with Crippen LogP contribution in [0.1, 0.15) is 33.6 Å². The van der Waals surface area contributed by atoms with E-state index in [0.29, 0.717) is 12.6 Å². The lowest BCUT2D eigenvalue weighted by molar-refractivity contribution is 0.230. The van der Waals surface area contributed by atoms with Crippen molar-refractivity contribution in [3.05, 3.63) is 0 Å². The van der Waals surface area contributed by atoms with Gasteiger partial charge >= 0.3 is 6.03 Å². The zero-order valence-electron chi connectivity index (χ0n) is 11.5. The van der Waals surface area contributed by atoms with E-state index >= 15 is 0 Å². The molecule has 1 aliphatic rings. The minimum Gasteiger partial charge on any atom is -0.337 e. The third kappa shape index (κ3) is 5.22. The van der Waals surface area contributed by atoms with Gasteiger partial charge in [-0.15, -0.1) is 0 Å². The van der Waals surface area contributed by atoms with Crippen molar-refractivity contribution < 1.29 is 13.2 Å². The highest BCUT2D eigenvalue weighted by Gasteiger charge is 2.29. The first-order chi connectivity index (χ1) is 8.10. The molecule has 0 atom stereocenters. The van der Waals surface area contributed by atoms with Crippen LogP contribution in [0.5, 0.6) is 0 Å². The maximum absolute atomic E-state index is 11.6. The van der Waals surface area contributed by atoms with Gasteiger partial charge in [0.2, 0.25) is 10.0 Å². The third-order valence-electron chi connectivity index (χ3n) is 2.66. The Kier molecular flexibility index (Phi) is 4.61. The number of urea groups is 1. The minimum absolute atomic E-state index is 0.222. The Labute approximate surface area is 109 Å². The number of hydrogen-bond acceptors (Lipinski definition) is 3. The van der Waals surface area contributed by atoms with Crippen LogP contribution in [-0.2, 0) is 10.0 Å². The van der Waals surface area contributed by atoms with Crippen LogP contribution in [0.25, 0.3) is 0 Å². The van der Waals surface area contributed by atoms with Crippen LogP contribution in [0.3, 0.4) is 0 Å². The lowest BCUT2D eigenvalue weighted by Crippen LogP contribution is -2.49. The van der Waals surface area contributed by atoms with Crippen molar-refractivity contribution in [1.82, 2.24) is 14.9 Å². The summed E-state index contributed by atoms with van der Waals surface area (Å²) in [6, 6.07) is 0.0819. The quantitative estimate of drug-likeness (QED) is 0.768. The number of carbonyl (C=O) groups is 1. The molecule has 1 rings (SSSR count). The fourth-order valence-electron chi connectivity index (χ4n) is 1.73. The molecule has 0 bridgehead atoms. The van der Waals surface area contributed by atoms with Crippen LogP contribution in [-0.4, -0.2) is 49.7 Å². The third-order valence-corrected chi connectivity index (χ3v) is 4.19. The molecule has 1 aliphatic carbocycles. The zero-order chi connectivity index (χ0) is 14.0. The summed E-state index contributed by atoms with van der Waals surface area (Å²) in [6.07, 6.45) is 3.25. The number of amides is 2. The van der Waals surface area contributed by atoms with Gasteiger partial charge in [-0.2, -0.15) is 4.31 Å². The van der Waals surface area contributed by atoms with E-state index in [1.807, 2.05) is 20.8 Å². The van der Waals surface area contributed by atoms with Crippen molar-refractivity contribution >= 4 is 16.1 Å². The van der Waals surface area contributed by atoms with E-state index in [4.69, 9.17) is 0 Å². The molecular weight excluding hydrogens is 254 g/mol. The highest BCUT2D eigenvalue weighted by atomic mass is 32.2. The molecule has 1 fully saturated rings. The molecular formula is C11H23N3O3S. The van der Waals surface area contributed by atoms with Crippen molar-refractivity contribution in [3.63, 3.8) is 0 Å². The van der Waals surface area contributed by atoms with Crippen molar-refractivity contribution in [2.75, 3.05) is 19.3 Å². The standard InChI is InChI=1S/C11H23N3O3S/c1-11(2,3)14(18(4,16)17)8-7-12-10(15)13-9-5-6-9/h9H,5-8H2,1-4H3,(H2,12,13,15). The molecule has 106 valence electrons. The van der Waals surface area contributed by atoms with E-state index < -0.39 is 15.6 Å². The van der Waals surface area contributed by atoms with Gasteiger partial charge in [0.05, 0.1) is 6.26 Å². The zero-order valence-corrected chi connectivity index (χ0v) is 12.3. The number of sulfonamides is 1. The number of hydrogen-bond donors (Lipinski definition) is 2. The first-order valence-corrected chi connectivity index (χ1v) is 7.98. The Balaban J connectivity index is 2.40. The van der Waals surface area contributed by atoms with Crippen molar-refractivity contribution in [2.24, 2.45) is 0 Å². The van der Waals surface area contributed by atoms with E-state index in [2.05, 4.69) is 10.6 Å². The second-order valence-electron chi connectivity index (χ2n) is 5.68. The van der Waals surface area contributed by atoms with Crippen LogP contribution in [0.4, 0.5) is 4.79 Å². The smallest absolute Gasteiger partial charge is 0.315 e. The van der Waals surface area contributed by atoms with Gasteiger partial charge in [0, 0.05) is 24.7 Å². The lowest BCUT2D eigenvalue weighted by Gasteiger charge is -2.33. The molecule has 7 heteroatoms. The minimum atomic E-state index is -3.27. The summed E-state index contributed by atoms with van der Waals surface area (Å²) in [7, 11) is -3.27. The molecule has 6 nitrogen and oxygen atoms in total. The summed E-state index contributed by atoms with van der Waals surface area (Å²) in [4.78, 5) is 11.4. The maximum Gasteiger partial charge on any atom is 0.315 e. The monoisotopic (exact) mass is 277 g/mol. The summed E-state index contributed by atoms with van der Waals surface area (Å²) in [6.45, 7) is 6.08. The SMILES string of the molecule is CC(C)(C)N(CCNC(=O)NC1CC1)S(C)(=O)=O. The van der Waals surface area contributed by atoms with Crippen LogP contribution < -0.4 is 10.6 Å². The Bertz CT molecular complexity index is 396. The number of carbonyl (C=O) groups excluding carboxylic acids is 1. The second kappa shape index (κ2) is 5.44. The van der Waals surface area contributed by atoms with E-state index in [0.717, 1.165) is 12.8 Å². The van der Waals surface area contributed by atoms with Crippen molar-refractivity contribution in [3.8, 4) is 0 Å². The molecule has 0 heterocycles. The van der Waals surface area contributed by atoms with E-state index in [1.54, 1.807) is 0 Å². The molecule has 0 aliphatic heterocycles. The molecule has 2 amide bonds. The van der Waals surface area contributed by atoms with Gasteiger partial charge < -0.3 is 10.6 Å². The molecule has 0 spiro atoms. The molecule has 0 saturated heterocycles. The summed E-state index contributed by atoms with van der Waals surface area (Å²) >= 11 is 0.